The van der Waals surface area contributed by atoms with Gasteiger partial charge in [-0.15, -0.1) is 0 Å². The normalized spacial score (nSPS) is 28.4. The molecule has 0 radical (unpaired) electrons. The second kappa shape index (κ2) is 7.26. The molecule has 1 aliphatic heterocycles. The van der Waals surface area contributed by atoms with Crippen LogP contribution in [0.2, 0.25) is 0 Å². The molecule has 1 rings (SSSR count). The molecule has 1 N–H and O–H groups in total. The van der Waals surface area contributed by atoms with Crippen LogP contribution in [0.25, 0.3) is 0 Å². The number of nitrogens with zero attached hydrogens (tertiary/aromatic N) is 1. The van der Waals surface area contributed by atoms with Crippen molar-refractivity contribution >= 4 is 0 Å². The Hall–Kier alpha value is -0.0800. The second-order valence-electron chi connectivity index (χ2n) is 8.49. The van der Waals surface area contributed by atoms with Crippen molar-refractivity contribution in [2.45, 2.75) is 85.7 Å². The third kappa shape index (κ3) is 5.73. The first kappa shape index (κ1) is 18.0. The minimum absolute atomic E-state index is 0.218. The standard InChI is InChI=1S/C18H38N2/c1-8-11-18(7,13-19-17(4,5)6)14-20-12-9-10-15(2)16(20)3/h15-16,19H,8-14H2,1-7H3. The van der Waals surface area contributed by atoms with Gasteiger partial charge in [-0.1, -0.05) is 27.2 Å². The van der Waals surface area contributed by atoms with Gasteiger partial charge in [-0.05, 0) is 64.8 Å². The van der Waals surface area contributed by atoms with Gasteiger partial charge in [0.2, 0.25) is 0 Å². The predicted molar refractivity (Wildman–Crippen MR) is 90.2 cm³/mol. The van der Waals surface area contributed by atoms with E-state index in [1.165, 1.54) is 38.8 Å². The molecule has 3 atom stereocenters. The Kier molecular flexibility index (Phi) is 6.53. The second-order valence-corrected chi connectivity index (χ2v) is 8.49. The molecule has 1 saturated heterocycles. The Labute approximate surface area is 127 Å². The van der Waals surface area contributed by atoms with Crippen LogP contribution in [0, 0.1) is 11.3 Å². The highest BCUT2D eigenvalue weighted by atomic mass is 15.2. The summed E-state index contributed by atoms with van der Waals surface area (Å²) in [7, 11) is 0. The topological polar surface area (TPSA) is 15.3 Å². The van der Waals surface area contributed by atoms with E-state index >= 15 is 0 Å². The summed E-state index contributed by atoms with van der Waals surface area (Å²) in [5, 5.41) is 3.74. The zero-order chi connectivity index (χ0) is 15.4. The fraction of sp³-hybridized carbons (Fsp3) is 1.00. The van der Waals surface area contributed by atoms with E-state index in [1.807, 2.05) is 0 Å². The Morgan fingerprint density at radius 2 is 1.80 bits per heavy atom. The van der Waals surface area contributed by atoms with Crippen LogP contribution < -0.4 is 5.32 Å². The molecule has 0 aliphatic carbocycles. The van der Waals surface area contributed by atoms with Gasteiger partial charge in [0.1, 0.15) is 0 Å². The smallest absolute Gasteiger partial charge is 0.00967 e. The first-order chi connectivity index (χ1) is 9.17. The fourth-order valence-corrected chi connectivity index (χ4v) is 3.44. The Morgan fingerprint density at radius 3 is 2.35 bits per heavy atom. The van der Waals surface area contributed by atoms with E-state index in [2.05, 4.69) is 58.7 Å². The van der Waals surface area contributed by atoms with E-state index in [0.717, 1.165) is 18.5 Å². The number of piperidine rings is 1. The molecule has 0 spiro atoms. The number of hydrogen-bond acceptors (Lipinski definition) is 2. The summed E-state index contributed by atoms with van der Waals surface area (Å²) in [6.07, 6.45) is 5.37. The number of rotatable bonds is 6. The third-order valence-electron chi connectivity index (χ3n) is 4.99. The van der Waals surface area contributed by atoms with E-state index < -0.39 is 0 Å². The third-order valence-corrected chi connectivity index (χ3v) is 4.99. The van der Waals surface area contributed by atoms with Gasteiger partial charge in [-0.3, -0.25) is 4.90 Å². The highest BCUT2D eigenvalue weighted by Crippen LogP contribution is 2.30. The average Bonchev–Trinajstić information content (AvgIpc) is 2.32. The van der Waals surface area contributed by atoms with Crippen LogP contribution >= 0.6 is 0 Å². The van der Waals surface area contributed by atoms with Crippen LogP contribution in [-0.2, 0) is 0 Å². The summed E-state index contributed by atoms with van der Waals surface area (Å²) in [5.41, 5.74) is 0.614. The monoisotopic (exact) mass is 282 g/mol. The molecule has 0 saturated carbocycles. The molecule has 0 aromatic heterocycles. The lowest BCUT2D eigenvalue weighted by Gasteiger charge is -2.44. The summed E-state index contributed by atoms with van der Waals surface area (Å²) in [4.78, 5) is 2.74. The van der Waals surface area contributed by atoms with Gasteiger partial charge in [0.05, 0.1) is 0 Å². The Morgan fingerprint density at radius 1 is 1.15 bits per heavy atom. The molecule has 0 amide bonds. The molecular formula is C18H38N2. The van der Waals surface area contributed by atoms with Crippen molar-refractivity contribution < 1.29 is 0 Å². The minimum Gasteiger partial charge on any atom is -0.311 e. The average molecular weight is 283 g/mol. The first-order valence-corrected chi connectivity index (χ1v) is 8.66. The van der Waals surface area contributed by atoms with Crippen LogP contribution in [-0.4, -0.2) is 36.1 Å². The highest BCUT2D eigenvalue weighted by Gasteiger charge is 2.32. The summed E-state index contributed by atoms with van der Waals surface area (Å²) in [6.45, 7) is 20.1. The summed E-state index contributed by atoms with van der Waals surface area (Å²) in [5.74, 6) is 0.852. The van der Waals surface area contributed by atoms with E-state index in [-0.39, 0.29) is 5.54 Å². The lowest BCUT2D eigenvalue weighted by molar-refractivity contribution is 0.0587. The zero-order valence-electron chi connectivity index (χ0n) is 15.1. The van der Waals surface area contributed by atoms with E-state index in [9.17, 15) is 0 Å². The Bertz CT molecular complexity index is 282. The number of likely N-dealkylation sites (tertiary alicyclic amines) is 1. The molecule has 1 aliphatic rings. The molecule has 0 aromatic carbocycles. The van der Waals surface area contributed by atoms with Crippen molar-refractivity contribution in [3.8, 4) is 0 Å². The van der Waals surface area contributed by atoms with Crippen molar-refractivity contribution in [2.75, 3.05) is 19.6 Å². The first-order valence-electron chi connectivity index (χ1n) is 8.66. The van der Waals surface area contributed by atoms with Gasteiger partial charge < -0.3 is 5.32 Å². The van der Waals surface area contributed by atoms with Crippen LogP contribution in [0.4, 0.5) is 0 Å². The van der Waals surface area contributed by atoms with Crippen LogP contribution in [0.15, 0.2) is 0 Å². The number of nitrogens with one attached hydrogen (secondary N) is 1. The van der Waals surface area contributed by atoms with Crippen molar-refractivity contribution in [2.24, 2.45) is 11.3 Å². The van der Waals surface area contributed by atoms with Gasteiger partial charge in [-0.2, -0.15) is 0 Å². The summed E-state index contributed by atoms with van der Waals surface area (Å²) < 4.78 is 0. The molecule has 1 heterocycles. The fourth-order valence-electron chi connectivity index (χ4n) is 3.44. The lowest BCUT2D eigenvalue weighted by atomic mass is 9.82. The molecule has 120 valence electrons. The molecule has 0 bridgehead atoms. The SMILES string of the molecule is CCCC(C)(CNC(C)(C)C)CN1CCCC(C)C1C. The van der Waals surface area contributed by atoms with E-state index in [1.54, 1.807) is 0 Å². The van der Waals surface area contributed by atoms with Crippen molar-refractivity contribution in [3.63, 3.8) is 0 Å². The van der Waals surface area contributed by atoms with E-state index in [4.69, 9.17) is 0 Å². The predicted octanol–water partition coefficient (Wildman–Crippen LogP) is 4.30. The highest BCUT2D eigenvalue weighted by molar-refractivity contribution is 4.88. The zero-order valence-corrected chi connectivity index (χ0v) is 15.1. The van der Waals surface area contributed by atoms with Gasteiger partial charge in [-0.25, -0.2) is 0 Å². The Balaban J connectivity index is 2.64. The molecule has 3 unspecified atom stereocenters. The van der Waals surface area contributed by atoms with Crippen molar-refractivity contribution in [3.05, 3.63) is 0 Å². The maximum Gasteiger partial charge on any atom is 0.00967 e. The molecule has 2 nitrogen and oxygen atoms in total. The molecule has 0 aromatic rings. The molecule has 20 heavy (non-hydrogen) atoms. The maximum absolute atomic E-state index is 3.74. The van der Waals surface area contributed by atoms with E-state index in [0.29, 0.717) is 5.41 Å². The summed E-state index contributed by atoms with van der Waals surface area (Å²) >= 11 is 0. The van der Waals surface area contributed by atoms with Gasteiger partial charge in [0.25, 0.3) is 0 Å². The largest absolute Gasteiger partial charge is 0.311 e. The van der Waals surface area contributed by atoms with Crippen LogP contribution in [0.3, 0.4) is 0 Å². The maximum atomic E-state index is 3.74. The van der Waals surface area contributed by atoms with Crippen LogP contribution in [0.5, 0.6) is 0 Å². The van der Waals surface area contributed by atoms with Gasteiger partial charge in [0, 0.05) is 24.7 Å². The minimum atomic E-state index is 0.218. The van der Waals surface area contributed by atoms with Crippen molar-refractivity contribution in [1.29, 1.82) is 0 Å². The number of hydrogen-bond donors (Lipinski definition) is 1. The quantitative estimate of drug-likeness (QED) is 0.781. The van der Waals surface area contributed by atoms with Crippen LogP contribution in [0.1, 0.15) is 74.1 Å². The molecule has 2 heteroatoms. The van der Waals surface area contributed by atoms with Gasteiger partial charge >= 0.3 is 0 Å². The van der Waals surface area contributed by atoms with Gasteiger partial charge in [0.15, 0.2) is 0 Å². The molecular weight excluding hydrogens is 244 g/mol. The molecule has 1 fully saturated rings. The lowest BCUT2D eigenvalue weighted by Crippen LogP contribution is -2.51. The van der Waals surface area contributed by atoms with Crippen molar-refractivity contribution in [1.82, 2.24) is 10.2 Å². The summed E-state index contributed by atoms with van der Waals surface area (Å²) in [6, 6.07) is 0.745.